The lowest BCUT2D eigenvalue weighted by Gasteiger charge is -2.23. The maximum atomic E-state index is 12.4. The van der Waals surface area contributed by atoms with Crippen LogP contribution in [0.2, 0.25) is 5.02 Å². The molecule has 1 aliphatic heterocycles. The first-order chi connectivity index (χ1) is 11.1. The molecule has 1 atom stereocenters. The molecule has 3 rings (SSSR count). The Balaban J connectivity index is 1.61. The van der Waals surface area contributed by atoms with Gasteiger partial charge in [0.25, 0.3) is 5.91 Å². The van der Waals surface area contributed by atoms with Crippen LogP contribution in [0.5, 0.6) is 0 Å². The summed E-state index contributed by atoms with van der Waals surface area (Å²) >= 11 is 5.84. The minimum atomic E-state index is -0.445. The van der Waals surface area contributed by atoms with Gasteiger partial charge in [0.15, 0.2) is 5.76 Å². The molecular weight excluding hydrogens is 316 g/mol. The molecule has 1 fully saturated rings. The molecule has 1 aromatic carbocycles. The van der Waals surface area contributed by atoms with Crippen molar-refractivity contribution in [2.24, 2.45) is 0 Å². The maximum absolute atomic E-state index is 12.4. The van der Waals surface area contributed by atoms with Gasteiger partial charge in [0.1, 0.15) is 6.04 Å². The highest BCUT2D eigenvalue weighted by atomic mass is 35.5. The van der Waals surface area contributed by atoms with E-state index in [1.54, 1.807) is 29.2 Å². The molecule has 0 aliphatic carbocycles. The Kier molecular flexibility index (Phi) is 4.67. The van der Waals surface area contributed by atoms with Gasteiger partial charge in [-0.2, -0.15) is 0 Å². The molecule has 0 spiro atoms. The second kappa shape index (κ2) is 6.87. The summed E-state index contributed by atoms with van der Waals surface area (Å²) in [6.45, 7) is 0.980. The molecule has 5 nitrogen and oxygen atoms in total. The summed E-state index contributed by atoms with van der Waals surface area (Å²) in [7, 11) is 0. The first kappa shape index (κ1) is 15.6. The molecule has 120 valence electrons. The number of halogens is 1. The number of carbonyl (C=O) groups is 2. The lowest BCUT2D eigenvalue weighted by atomic mass is 10.2. The zero-order chi connectivity index (χ0) is 16.2. The predicted octanol–water partition coefficient (Wildman–Crippen LogP) is 2.85. The first-order valence-electron chi connectivity index (χ1n) is 7.52. The molecule has 1 unspecified atom stereocenters. The van der Waals surface area contributed by atoms with Crippen LogP contribution >= 0.6 is 11.6 Å². The Morgan fingerprint density at radius 3 is 2.74 bits per heavy atom. The van der Waals surface area contributed by atoms with Crippen molar-refractivity contribution in [3.63, 3.8) is 0 Å². The number of hydrogen-bond acceptors (Lipinski definition) is 3. The third kappa shape index (κ3) is 3.56. The predicted molar refractivity (Wildman–Crippen MR) is 86.1 cm³/mol. The van der Waals surface area contributed by atoms with E-state index in [-0.39, 0.29) is 17.6 Å². The number of nitrogens with zero attached hydrogens (tertiary/aromatic N) is 1. The molecule has 0 bridgehead atoms. The normalized spacial score (nSPS) is 17.3. The van der Waals surface area contributed by atoms with E-state index < -0.39 is 6.04 Å². The van der Waals surface area contributed by atoms with Crippen molar-refractivity contribution < 1.29 is 14.0 Å². The Hall–Kier alpha value is -2.27. The van der Waals surface area contributed by atoms with Crippen LogP contribution in [-0.4, -0.2) is 29.3 Å². The summed E-state index contributed by atoms with van der Waals surface area (Å²) in [5.74, 6) is -0.112. The van der Waals surface area contributed by atoms with Crippen LogP contribution in [0.1, 0.15) is 29.0 Å². The van der Waals surface area contributed by atoms with Crippen molar-refractivity contribution in [2.45, 2.75) is 25.4 Å². The standard InChI is InChI=1S/C17H17ClN2O3/c18-13-7-5-12(6-8-13)11-19-16(21)14-3-1-9-20(14)17(22)15-4-2-10-23-15/h2,4-8,10,14H,1,3,9,11H2,(H,19,21). The largest absolute Gasteiger partial charge is 0.459 e. The van der Waals surface area contributed by atoms with Crippen molar-refractivity contribution in [3.8, 4) is 0 Å². The number of nitrogens with one attached hydrogen (secondary N) is 1. The van der Waals surface area contributed by atoms with Crippen LogP contribution in [0.4, 0.5) is 0 Å². The SMILES string of the molecule is O=C(NCc1ccc(Cl)cc1)C1CCCN1C(=O)c1ccco1. The fourth-order valence-corrected chi connectivity index (χ4v) is 2.86. The molecule has 0 saturated carbocycles. The molecule has 1 N–H and O–H groups in total. The van der Waals surface area contributed by atoms with Crippen LogP contribution in [0, 0.1) is 0 Å². The van der Waals surface area contributed by atoms with E-state index in [2.05, 4.69) is 5.32 Å². The number of rotatable bonds is 4. The van der Waals surface area contributed by atoms with E-state index >= 15 is 0 Å². The zero-order valence-electron chi connectivity index (χ0n) is 12.5. The number of benzene rings is 1. The van der Waals surface area contributed by atoms with Crippen LogP contribution in [0.25, 0.3) is 0 Å². The van der Waals surface area contributed by atoms with Gasteiger partial charge in [0, 0.05) is 18.1 Å². The summed E-state index contributed by atoms with van der Waals surface area (Å²) in [4.78, 5) is 26.4. The lowest BCUT2D eigenvalue weighted by molar-refractivity contribution is -0.125. The van der Waals surface area contributed by atoms with Gasteiger partial charge in [0.05, 0.1) is 6.26 Å². The highest BCUT2D eigenvalue weighted by Crippen LogP contribution is 2.20. The van der Waals surface area contributed by atoms with E-state index in [1.807, 2.05) is 12.1 Å². The molecule has 1 saturated heterocycles. The van der Waals surface area contributed by atoms with Gasteiger partial charge >= 0.3 is 0 Å². The number of hydrogen-bond donors (Lipinski definition) is 1. The number of carbonyl (C=O) groups excluding carboxylic acids is 2. The lowest BCUT2D eigenvalue weighted by Crippen LogP contribution is -2.45. The number of furan rings is 1. The average Bonchev–Trinajstić information content (AvgIpc) is 3.24. The Bertz CT molecular complexity index is 682. The van der Waals surface area contributed by atoms with Gasteiger partial charge in [-0.3, -0.25) is 9.59 Å². The molecule has 2 amide bonds. The quantitative estimate of drug-likeness (QED) is 0.936. The van der Waals surface area contributed by atoms with Gasteiger partial charge in [-0.05, 0) is 42.7 Å². The first-order valence-corrected chi connectivity index (χ1v) is 7.89. The number of amides is 2. The van der Waals surface area contributed by atoms with Gasteiger partial charge in [0.2, 0.25) is 5.91 Å². The molecule has 6 heteroatoms. The molecule has 1 aliphatic rings. The summed E-state index contributed by atoms with van der Waals surface area (Å²) in [6.07, 6.45) is 2.93. The van der Waals surface area contributed by atoms with Gasteiger partial charge in [-0.15, -0.1) is 0 Å². The van der Waals surface area contributed by atoms with Crippen molar-refractivity contribution >= 4 is 23.4 Å². The van der Waals surface area contributed by atoms with Crippen molar-refractivity contribution in [1.82, 2.24) is 10.2 Å². The second-order valence-corrected chi connectivity index (χ2v) is 5.91. The minimum absolute atomic E-state index is 0.141. The summed E-state index contributed by atoms with van der Waals surface area (Å²) in [5.41, 5.74) is 0.963. The van der Waals surface area contributed by atoms with Gasteiger partial charge < -0.3 is 14.6 Å². The fraction of sp³-hybridized carbons (Fsp3) is 0.294. The highest BCUT2D eigenvalue weighted by Gasteiger charge is 2.35. The Morgan fingerprint density at radius 1 is 1.26 bits per heavy atom. The molecule has 0 radical (unpaired) electrons. The third-order valence-corrected chi connectivity index (χ3v) is 4.18. The van der Waals surface area contributed by atoms with Crippen molar-refractivity contribution in [2.75, 3.05) is 6.54 Å². The summed E-state index contributed by atoms with van der Waals surface area (Å²) < 4.78 is 5.14. The smallest absolute Gasteiger partial charge is 0.290 e. The van der Waals surface area contributed by atoms with Crippen LogP contribution < -0.4 is 5.32 Å². The molecule has 1 aromatic heterocycles. The Labute approximate surface area is 139 Å². The van der Waals surface area contributed by atoms with E-state index in [1.165, 1.54) is 6.26 Å². The van der Waals surface area contributed by atoms with Crippen molar-refractivity contribution in [3.05, 3.63) is 59.0 Å². The number of likely N-dealkylation sites (tertiary alicyclic amines) is 1. The fourth-order valence-electron chi connectivity index (χ4n) is 2.73. The zero-order valence-corrected chi connectivity index (χ0v) is 13.3. The van der Waals surface area contributed by atoms with E-state index in [0.29, 0.717) is 24.5 Å². The van der Waals surface area contributed by atoms with Crippen LogP contribution in [0.3, 0.4) is 0 Å². The topological polar surface area (TPSA) is 62.6 Å². The third-order valence-electron chi connectivity index (χ3n) is 3.93. The van der Waals surface area contributed by atoms with E-state index in [9.17, 15) is 9.59 Å². The Morgan fingerprint density at radius 2 is 2.04 bits per heavy atom. The minimum Gasteiger partial charge on any atom is -0.459 e. The maximum Gasteiger partial charge on any atom is 0.290 e. The monoisotopic (exact) mass is 332 g/mol. The summed E-state index contributed by atoms with van der Waals surface area (Å²) in [6, 6.07) is 10.1. The molecular formula is C17H17ClN2O3. The van der Waals surface area contributed by atoms with E-state index in [0.717, 1.165) is 12.0 Å². The van der Waals surface area contributed by atoms with Crippen molar-refractivity contribution in [1.29, 1.82) is 0 Å². The molecule has 2 aromatic rings. The van der Waals surface area contributed by atoms with Crippen LogP contribution in [-0.2, 0) is 11.3 Å². The van der Waals surface area contributed by atoms with Gasteiger partial charge in [-0.1, -0.05) is 23.7 Å². The average molecular weight is 333 g/mol. The van der Waals surface area contributed by atoms with E-state index in [4.69, 9.17) is 16.0 Å². The molecule has 23 heavy (non-hydrogen) atoms. The molecule has 2 heterocycles. The second-order valence-electron chi connectivity index (χ2n) is 5.48. The summed E-state index contributed by atoms with van der Waals surface area (Å²) in [5, 5.41) is 3.54. The van der Waals surface area contributed by atoms with Gasteiger partial charge in [-0.25, -0.2) is 0 Å². The highest BCUT2D eigenvalue weighted by molar-refractivity contribution is 6.30. The van der Waals surface area contributed by atoms with Crippen LogP contribution in [0.15, 0.2) is 47.1 Å².